The molecule has 0 fully saturated rings. The molecule has 0 saturated heterocycles. The summed E-state index contributed by atoms with van der Waals surface area (Å²) in [6, 6.07) is 10.9. The Kier molecular flexibility index (Phi) is 6.26. The Balaban J connectivity index is 2.10. The molecule has 0 spiro atoms. The Hall–Kier alpha value is -3.22. The minimum absolute atomic E-state index is 0.130. The van der Waals surface area contributed by atoms with Gasteiger partial charge in [0, 0.05) is 23.4 Å². The number of carbonyl (C=O) groups is 1. The second-order valence-electron chi connectivity index (χ2n) is 7.31. The lowest BCUT2D eigenvalue weighted by molar-refractivity contribution is 0.182. The van der Waals surface area contributed by atoms with Crippen molar-refractivity contribution in [3.63, 3.8) is 0 Å². The largest absolute Gasteiger partial charge is 0.495 e. The number of methoxy groups -OCH3 is 1. The number of benzene rings is 2. The van der Waals surface area contributed by atoms with Gasteiger partial charge in [0.25, 0.3) is 0 Å². The standard InChI is InChI=1S/C22H29N5O2/c1-4-5-10-25-22(28)27-14(2)11-16-12-19(24)20(29-3)13-18(16)21(26-27)15-6-8-17(23)9-7-15/h6-9,12-14H,4-5,10-11,23-24H2,1-3H3,(H,25,28). The molecule has 1 aliphatic rings. The molecule has 1 aliphatic heterocycles. The highest BCUT2D eigenvalue weighted by molar-refractivity contribution is 6.14. The van der Waals surface area contributed by atoms with E-state index in [-0.39, 0.29) is 12.1 Å². The van der Waals surface area contributed by atoms with Gasteiger partial charge in [-0.1, -0.05) is 25.5 Å². The van der Waals surface area contributed by atoms with Gasteiger partial charge in [-0.05, 0) is 49.6 Å². The van der Waals surface area contributed by atoms with Crippen molar-refractivity contribution >= 4 is 23.1 Å². The zero-order valence-electron chi connectivity index (χ0n) is 17.2. The van der Waals surface area contributed by atoms with Gasteiger partial charge >= 0.3 is 6.03 Å². The maximum absolute atomic E-state index is 12.8. The molecule has 7 heteroatoms. The summed E-state index contributed by atoms with van der Waals surface area (Å²) in [6.45, 7) is 4.70. The Bertz CT molecular complexity index is 908. The molecule has 0 aromatic heterocycles. The van der Waals surface area contributed by atoms with Crippen LogP contribution in [0.2, 0.25) is 0 Å². The van der Waals surface area contributed by atoms with E-state index in [1.54, 1.807) is 7.11 Å². The molecule has 0 saturated carbocycles. The topological polar surface area (TPSA) is 106 Å². The number of nitrogen functional groups attached to an aromatic ring is 2. The highest BCUT2D eigenvalue weighted by atomic mass is 16.5. The maximum Gasteiger partial charge on any atom is 0.338 e. The van der Waals surface area contributed by atoms with Crippen molar-refractivity contribution in [3.8, 4) is 5.75 Å². The predicted molar refractivity (Wildman–Crippen MR) is 117 cm³/mol. The molecule has 0 radical (unpaired) electrons. The molecular formula is C22H29N5O2. The predicted octanol–water partition coefficient (Wildman–Crippen LogP) is 3.37. The van der Waals surface area contributed by atoms with E-state index < -0.39 is 0 Å². The fourth-order valence-electron chi connectivity index (χ4n) is 3.43. The van der Waals surface area contributed by atoms with Crippen LogP contribution in [0.1, 0.15) is 43.4 Å². The van der Waals surface area contributed by atoms with E-state index in [9.17, 15) is 4.79 Å². The number of unbranched alkanes of at least 4 members (excludes halogenated alkanes) is 1. The van der Waals surface area contributed by atoms with Crippen LogP contribution in [0.15, 0.2) is 41.5 Å². The molecule has 2 amide bonds. The van der Waals surface area contributed by atoms with Crippen molar-refractivity contribution in [1.82, 2.24) is 10.3 Å². The first-order chi connectivity index (χ1) is 13.9. The number of hydrazone groups is 1. The van der Waals surface area contributed by atoms with Crippen LogP contribution < -0.4 is 21.5 Å². The number of nitrogens with two attached hydrogens (primary N) is 2. The number of amides is 2. The number of hydrogen-bond acceptors (Lipinski definition) is 5. The Morgan fingerprint density at radius 3 is 2.66 bits per heavy atom. The molecule has 29 heavy (non-hydrogen) atoms. The smallest absolute Gasteiger partial charge is 0.338 e. The lowest BCUT2D eigenvalue weighted by Crippen LogP contribution is -2.42. The van der Waals surface area contributed by atoms with Crippen molar-refractivity contribution in [2.75, 3.05) is 25.1 Å². The number of ether oxygens (including phenoxy) is 1. The average Bonchev–Trinajstić information content (AvgIpc) is 2.84. The number of rotatable bonds is 5. The molecule has 1 atom stereocenters. The molecule has 1 unspecified atom stereocenters. The van der Waals surface area contributed by atoms with Gasteiger partial charge < -0.3 is 21.5 Å². The quantitative estimate of drug-likeness (QED) is 0.533. The molecule has 0 aliphatic carbocycles. The van der Waals surface area contributed by atoms with Crippen LogP contribution in [0.5, 0.6) is 5.75 Å². The van der Waals surface area contributed by atoms with E-state index in [4.69, 9.17) is 21.3 Å². The Morgan fingerprint density at radius 1 is 1.28 bits per heavy atom. The Morgan fingerprint density at radius 2 is 2.00 bits per heavy atom. The summed E-state index contributed by atoms with van der Waals surface area (Å²) in [4.78, 5) is 12.8. The van der Waals surface area contributed by atoms with E-state index in [2.05, 4.69) is 12.2 Å². The van der Waals surface area contributed by atoms with E-state index >= 15 is 0 Å². The highest BCUT2D eigenvalue weighted by Crippen LogP contribution is 2.31. The van der Waals surface area contributed by atoms with E-state index in [1.165, 1.54) is 5.01 Å². The zero-order valence-corrected chi connectivity index (χ0v) is 17.2. The molecule has 0 bridgehead atoms. The molecule has 2 aromatic rings. The van der Waals surface area contributed by atoms with Gasteiger partial charge in [0.05, 0.1) is 24.6 Å². The molecule has 5 N–H and O–H groups in total. The van der Waals surface area contributed by atoms with Gasteiger partial charge in [0.15, 0.2) is 0 Å². The number of fused-ring (bicyclic) bond motifs is 1. The number of anilines is 2. The fourth-order valence-corrected chi connectivity index (χ4v) is 3.43. The van der Waals surface area contributed by atoms with Gasteiger partial charge in [-0.15, -0.1) is 0 Å². The average molecular weight is 396 g/mol. The van der Waals surface area contributed by atoms with Gasteiger partial charge in [-0.25, -0.2) is 9.80 Å². The second kappa shape index (κ2) is 8.86. The first kappa shape index (κ1) is 20.5. The van der Waals surface area contributed by atoms with Crippen molar-refractivity contribution in [1.29, 1.82) is 0 Å². The number of nitrogens with zero attached hydrogens (tertiary/aromatic N) is 2. The van der Waals surface area contributed by atoms with Gasteiger partial charge in [-0.3, -0.25) is 0 Å². The lowest BCUT2D eigenvalue weighted by atomic mass is 9.93. The lowest BCUT2D eigenvalue weighted by Gasteiger charge is -2.23. The van der Waals surface area contributed by atoms with Crippen LogP contribution >= 0.6 is 0 Å². The molecular weight excluding hydrogens is 366 g/mol. The first-order valence-corrected chi connectivity index (χ1v) is 9.93. The minimum atomic E-state index is -0.202. The van der Waals surface area contributed by atoms with Crippen LogP contribution in [0, 0.1) is 0 Å². The third-order valence-electron chi connectivity index (χ3n) is 5.05. The molecule has 2 aromatic carbocycles. The van der Waals surface area contributed by atoms with Crippen LogP contribution in [0.3, 0.4) is 0 Å². The van der Waals surface area contributed by atoms with Crippen molar-refractivity contribution in [2.45, 2.75) is 39.2 Å². The Labute approximate surface area is 171 Å². The van der Waals surface area contributed by atoms with Crippen LogP contribution in [-0.4, -0.2) is 36.4 Å². The summed E-state index contributed by atoms with van der Waals surface area (Å²) >= 11 is 0. The summed E-state index contributed by atoms with van der Waals surface area (Å²) in [5.74, 6) is 0.584. The minimum Gasteiger partial charge on any atom is -0.495 e. The van der Waals surface area contributed by atoms with Gasteiger partial charge in [0.1, 0.15) is 5.75 Å². The van der Waals surface area contributed by atoms with Gasteiger partial charge in [-0.2, -0.15) is 5.10 Å². The summed E-state index contributed by atoms with van der Waals surface area (Å²) in [7, 11) is 1.59. The number of carbonyl (C=O) groups excluding carboxylic acids is 1. The summed E-state index contributed by atoms with van der Waals surface area (Å²) in [5, 5.41) is 9.28. The monoisotopic (exact) mass is 395 g/mol. The van der Waals surface area contributed by atoms with Crippen LogP contribution in [0.4, 0.5) is 16.2 Å². The number of nitrogens with one attached hydrogen (secondary N) is 1. The first-order valence-electron chi connectivity index (χ1n) is 9.93. The van der Waals surface area contributed by atoms with Gasteiger partial charge in [0.2, 0.25) is 0 Å². The third-order valence-corrected chi connectivity index (χ3v) is 5.05. The SMILES string of the molecule is CCCCNC(=O)N1N=C(c2ccc(N)cc2)c2cc(OC)c(N)cc2CC1C. The van der Waals surface area contributed by atoms with Crippen molar-refractivity contribution in [3.05, 3.63) is 53.1 Å². The second-order valence-corrected chi connectivity index (χ2v) is 7.31. The highest BCUT2D eigenvalue weighted by Gasteiger charge is 2.28. The molecule has 1 heterocycles. The number of hydrogen-bond donors (Lipinski definition) is 3. The molecule has 3 rings (SSSR count). The normalized spacial score (nSPS) is 15.9. The van der Waals surface area contributed by atoms with E-state index in [1.807, 2.05) is 43.3 Å². The van der Waals surface area contributed by atoms with Crippen molar-refractivity contribution in [2.24, 2.45) is 5.10 Å². The van der Waals surface area contributed by atoms with Crippen LogP contribution in [0.25, 0.3) is 0 Å². The zero-order chi connectivity index (χ0) is 21.0. The van der Waals surface area contributed by atoms with Crippen LogP contribution in [-0.2, 0) is 6.42 Å². The molecule has 7 nitrogen and oxygen atoms in total. The van der Waals surface area contributed by atoms with E-state index in [0.29, 0.717) is 35.8 Å². The summed E-state index contributed by atoms with van der Waals surface area (Å²) < 4.78 is 5.43. The summed E-state index contributed by atoms with van der Waals surface area (Å²) in [5.41, 5.74) is 16.7. The third kappa shape index (κ3) is 4.45. The van der Waals surface area contributed by atoms with Crippen molar-refractivity contribution < 1.29 is 9.53 Å². The van der Waals surface area contributed by atoms with E-state index in [0.717, 1.165) is 29.5 Å². The molecule has 154 valence electrons. The maximum atomic E-state index is 12.8. The number of urea groups is 1. The summed E-state index contributed by atoms with van der Waals surface area (Å²) in [6.07, 6.45) is 2.57. The fraction of sp³-hybridized carbons (Fsp3) is 0.364.